The first-order valence-electron chi connectivity index (χ1n) is 3.85. The summed E-state index contributed by atoms with van der Waals surface area (Å²) in [6.07, 6.45) is -0.702. The van der Waals surface area contributed by atoms with Crippen molar-refractivity contribution in [2.45, 2.75) is 18.6 Å². The van der Waals surface area contributed by atoms with E-state index in [2.05, 4.69) is 12.5 Å². The van der Waals surface area contributed by atoms with Gasteiger partial charge in [-0.05, 0) is 0 Å². The van der Waals surface area contributed by atoms with Gasteiger partial charge >= 0.3 is 21.8 Å². The quantitative estimate of drug-likeness (QED) is 0.617. The number of hydrogen-bond acceptors (Lipinski definition) is 7. The van der Waals surface area contributed by atoms with E-state index in [0.717, 1.165) is 0 Å². The van der Waals surface area contributed by atoms with Crippen molar-refractivity contribution in [3.8, 4) is 0 Å². The Bertz CT molecular complexity index is 336. The fraction of sp³-hybridized carbons (Fsp3) is 1.00. The van der Waals surface area contributed by atoms with E-state index >= 15 is 0 Å². The molecule has 9 heteroatoms. The summed E-state index contributed by atoms with van der Waals surface area (Å²) in [5.74, 6) is 0. The van der Waals surface area contributed by atoms with Crippen LogP contribution in [-0.4, -0.2) is 38.0 Å². The minimum atomic E-state index is -3.82. The zero-order chi connectivity index (χ0) is 10.2. The standard InChI is InChI=1S/C5H8O7S2/c6-13-9-2-4(11-13)1-5-3-10-14(7,8)12-5/h4-5H,1-3H2. The lowest BCUT2D eigenvalue weighted by Gasteiger charge is -2.08. The van der Waals surface area contributed by atoms with E-state index in [4.69, 9.17) is 4.18 Å². The van der Waals surface area contributed by atoms with E-state index < -0.39 is 34.0 Å². The summed E-state index contributed by atoms with van der Waals surface area (Å²) in [7, 11) is -3.82. The first kappa shape index (κ1) is 10.5. The van der Waals surface area contributed by atoms with Crippen LogP contribution in [0.25, 0.3) is 0 Å². The molecule has 2 rings (SSSR count). The van der Waals surface area contributed by atoms with Gasteiger partial charge in [-0.15, -0.1) is 0 Å². The third-order valence-corrected chi connectivity index (χ3v) is 3.43. The van der Waals surface area contributed by atoms with Gasteiger partial charge in [0.2, 0.25) is 0 Å². The molecule has 2 aliphatic rings. The monoisotopic (exact) mass is 244 g/mol. The summed E-state index contributed by atoms with van der Waals surface area (Å²) < 4.78 is 50.4. The summed E-state index contributed by atoms with van der Waals surface area (Å²) in [6, 6.07) is 0. The highest BCUT2D eigenvalue weighted by molar-refractivity contribution is 7.82. The van der Waals surface area contributed by atoms with Crippen LogP contribution in [0.1, 0.15) is 6.42 Å². The van der Waals surface area contributed by atoms with Crippen molar-refractivity contribution in [3.63, 3.8) is 0 Å². The zero-order valence-electron chi connectivity index (χ0n) is 6.95. The van der Waals surface area contributed by atoms with Crippen molar-refractivity contribution in [1.29, 1.82) is 0 Å². The second kappa shape index (κ2) is 3.83. The average Bonchev–Trinajstić information content (AvgIpc) is 2.59. The summed E-state index contributed by atoms with van der Waals surface area (Å²) in [5.41, 5.74) is 0. The van der Waals surface area contributed by atoms with Crippen LogP contribution in [0.15, 0.2) is 0 Å². The van der Waals surface area contributed by atoms with Gasteiger partial charge in [-0.3, -0.25) is 8.37 Å². The molecule has 2 aliphatic heterocycles. The lowest BCUT2D eigenvalue weighted by atomic mass is 10.2. The van der Waals surface area contributed by atoms with Crippen molar-refractivity contribution in [2.75, 3.05) is 13.2 Å². The van der Waals surface area contributed by atoms with Gasteiger partial charge in [-0.1, -0.05) is 0 Å². The summed E-state index contributed by atoms with van der Waals surface area (Å²) in [4.78, 5) is 0. The predicted molar refractivity (Wildman–Crippen MR) is 43.3 cm³/mol. The number of hydrogen-bond donors (Lipinski definition) is 0. The van der Waals surface area contributed by atoms with Crippen molar-refractivity contribution in [1.82, 2.24) is 0 Å². The van der Waals surface area contributed by atoms with E-state index in [9.17, 15) is 12.6 Å². The van der Waals surface area contributed by atoms with Gasteiger partial charge in [-0.2, -0.15) is 12.6 Å². The molecule has 0 aromatic heterocycles. The maximum atomic E-state index is 10.7. The third-order valence-electron chi connectivity index (χ3n) is 1.74. The molecule has 2 heterocycles. The molecule has 14 heavy (non-hydrogen) atoms. The SMILES string of the molecule is O=S1OCC(CC2COS(=O)(=O)O2)O1. The molecule has 0 aromatic rings. The van der Waals surface area contributed by atoms with E-state index in [0.29, 0.717) is 0 Å². The Hall–Kier alpha value is -0.0600. The third kappa shape index (κ3) is 2.49. The molecule has 0 saturated carbocycles. The molecule has 2 fully saturated rings. The molecule has 0 aliphatic carbocycles. The molecule has 0 bridgehead atoms. The second-order valence-corrected chi connectivity index (χ2v) is 4.93. The smallest absolute Gasteiger partial charge is 0.266 e. The summed E-state index contributed by atoms with van der Waals surface area (Å²) >= 11 is -1.72. The summed E-state index contributed by atoms with van der Waals surface area (Å²) in [6.45, 7) is 0.140. The first-order chi connectivity index (χ1) is 6.55. The Balaban J connectivity index is 1.85. The van der Waals surface area contributed by atoms with Gasteiger partial charge in [0.05, 0.1) is 13.2 Å². The average molecular weight is 244 g/mol. The fourth-order valence-electron chi connectivity index (χ4n) is 1.19. The molecular weight excluding hydrogens is 236 g/mol. The highest BCUT2D eigenvalue weighted by Crippen LogP contribution is 2.21. The maximum Gasteiger partial charge on any atom is 0.400 e. The highest BCUT2D eigenvalue weighted by atomic mass is 32.3. The topological polar surface area (TPSA) is 88.1 Å². The highest BCUT2D eigenvalue weighted by Gasteiger charge is 2.35. The van der Waals surface area contributed by atoms with Gasteiger partial charge in [0.15, 0.2) is 0 Å². The molecule has 0 N–H and O–H groups in total. The number of rotatable bonds is 2. The molecular formula is C5H8O7S2. The van der Waals surface area contributed by atoms with Crippen LogP contribution in [0.4, 0.5) is 0 Å². The van der Waals surface area contributed by atoms with Crippen LogP contribution < -0.4 is 0 Å². The van der Waals surface area contributed by atoms with Crippen molar-refractivity contribution < 1.29 is 29.4 Å². The minimum absolute atomic E-state index is 0.0329. The van der Waals surface area contributed by atoms with Crippen LogP contribution in [0.3, 0.4) is 0 Å². The predicted octanol–water partition coefficient (Wildman–Crippen LogP) is -0.969. The van der Waals surface area contributed by atoms with E-state index in [1.165, 1.54) is 0 Å². The summed E-state index contributed by atoms with van der Waals surface area (Å²) in [5, 5.41) is 0. The van der Waals surface area contributed by atoms with E-state index in [-0.39, 0.29) is 19.6 Å². The molecule has 2 saturated heterocycles. The van der Waals surface area contributed by atoms with Crippen LogP contribution in [-0.2, 0) is 38.5 Å². The Morgan fingerprint density at radius 1 is 1.29 bits per heavy atom. The molecule has 0 aromatic carbocycles. The fourth-order valence-corrected chi connectivity index (χ4v) is 2.70. The van der Waals surface area contributed by atoms with E-state index in [1.54, 1.807) is 0 Å². The van der Waals surface area contributed by atoms with Crippen LogP contribution >= 0.6 is 0 Å². The molecule has 0 radical (unpaired) electrons. The van der Waals surface area contributed by atoms with Crippen LogP contribution in [0.5, 0.6) is 0 Å². The van der Waals surface area contributed by atoms with Crippen molar-refractivity contribution >= 4 is 21.8 Å². The van der Waals surface area contributed by atoms with Crippen LogP contribution in [0.2, 0.25) is 0 Å². The van der Waals surface area contributed by atoms with Gasteiger partial charge in [0.25, 0.3) is 0 Å². The molecule has 82 valence electrons. The lowest BCUT2D eigenvalue weighted by molar-refractivity contribution is 0.141. The van der Waals surface area contributed by atoms with Gasteiger partial charge in [0.1, 0.15) is 12.2 Å². The Morgan fingerprint density at radius 3 is 2.57 bits per heavy atom. The van der Waals surface area contributed by atoms with Crippen molar-refractivity contribution in [2.24, 2.45) is 0 Å². The maximum absolute atomic E-state index is 10.7. The molecule has 0 spiro atoms. The van der Waals surface area contributed by atoms with Crippen LogP contribution in [0, 0.1) is 0 Å². The Labute approximate surface area is 83.5 Å². The second-order valence-electron chi connectivity index (χ2n) is 2.85. The normalized spacial score (nSPS) is 41.6. The molecule has 7 nitrogen and oxygen atoms in total. The zero-order valence-corrected chi connectivity index (χ0v) is 8.58. The van der Waals surface area contributed by atoms with Gasteiger partial charge < -0.3 is 0 Å². The molecule has 0 amide bonds. The molecule has 3 atom stereocenters. The van der Waals surface area contributed by atoms with Crippen molar-refractivity contribution in [3.05, 3.63) is 0 Å². The van der Waals surface area contributed by atoms with Gasteiger partial charge in [-0.25, -0.2) is 8.37 Å². The lowest BCUT2D eigenvalue weighted by Crippen LogP contribution is -2.21. The first-order valence-corrected chi connectivity index (χ1v) is 6.18. The van der Waals surface area contributed by atoms with E-state index in [1.807, 2.05) is 0 Å². The van der Waals surface area contributed by atoms with Gasteiger partial charge in [0, 0.05) is 6.42 Å². The molecule has 3 unspecified atom stereocenters. The minimum Gasteiger partial charge on any atom is -0.266 e. The largest absolute Gasteiger partial charge is 0.400 e. The Kier molecular flexibility index (Phi) is 2.86. The Morgan fingerprint density at radius 2 is 2.07 bits per heavy atom.